The molecule has 0 heterocycles. The van der Waals surface area contributed by atoms with Crippen molar-refractivity contribution in [3.8, 4) is 0 Å². The number of hydrogen-bond acceptors (Lipinski definition) is 5. The molecule has 0 bridgehead atoms. The number of para-hydroxylation sites is 1. The van der Waals surface area contributed by atoms with E-state index in [0.717, 1.165) is 15.6 Å². The minimum Gasteiger partial charge on any atom is -0.465 e. The summed E-state index contributed by atoms with van der Waals surface area (Å²) in [6, 6.07) is 14.6. The monoisotopic (exact) mass is 473 g/mol. The van der Waals surface area contributed by atoms with Crippen molar-refractivity contribution < 1.29 is 23.9 Å². The molecule has 1 amide bonds. The van der Waals surface area contributed by atoms with Crippen LogP contribution in [0.25, 0.3) is 0 Å². The van der Waals surface area contributed by atoms with Crippen molar-refractivity contribution in [1.29, 1.82) is 0 Å². The fourth-order valence-electron chi connectivity index (χ4n) is 3.84. The smallest absolute Gasteiger partial charge is 0.323 e. The van der Waals surface area contributed by atoms with Gasteiger partial charge in [0.15, 0.2) is 5.41 Å². The Bertz CT molecular complexity index is 926. The van der Waals surface area contributed by atoms with Crippen LogP contribution in [0.3, 0.4) is 0 Å². The maximum Gasteiger partial charge on any atom is 0.323 e. The Morgan fingerprint density at radius 1 is 1.00 bits per heavy atom. The minimum absolute atomic E-state index is 0.0210. The Balaban J connectivity index is 2.07. The molecule has 2 aromatic rings. The molecule has 1 atom stereocenters. The molecule has 3 rings (SSSR count). The fraction of sp³-hybridized carbons (Fsp3) is 0.348. The van der Waals surface area contributed by atoms with Crippen LogP contribution in [0.4, 0.5) is 5.69 Å². The van der Waals surface area contributed by atoms with Gasteiger partial charge in [-0.15, -0.1) is 0 Å². The molecule has 30 heavy (non-hydrogen) atoms. The van der Waals surface area contributed by atoms with E-state index in [2.05, 4.69) is 21.2 Å². The van der Waals surface area contributed by atoms with E-state index >= 15 is 0 Å². The summed E-state index contributed by atoms with van der Waals surface area (Å²) in [5.74, 6) is -2.34. The van der Waals surface area contributed by atoms with Gasteiger partial charge in [-0.1, -0.05) is 46.3 Å². The van der Waals surface area contributed by atoms with E-state index in [4.69, 9.17) is 9.47 Å². The third kappa shape index (κ3) is 4.26. The number of nitrogens with one attached hydrogen (secondary N) is 1. The number of carbonyl (C=O) groups is 3. The molecule has 0 fully saturated rings. The predicted molar refractivity (Wildman–Crippen MR) is 116 cm³/mol. The molecular weight excluding hydrogens is 450 g/mol. The predicted octanol–water partition coefficient (Wildman–Crippen LogP) is 4.23. The first kappa shape index (κ1) is 22.0. The summed E-state index contributed by atoms with van der Waals surface area (Å²) in [5.41, 5.74) is 0.573. The van der Waals surface area contributed by atoms with Gasteiger partial charge >= 0.3 is 11.9 Å². The summed E-state index contributed by atoms with van der Waals surface area (Å²) < 4.78 is 11.3. The zero-order valence-corrected chi connectivity index (χ0v) is 18.5. The molecule has 0 saturated heterocycles. The summed E-state index contributed by atoms with van der Waals surface area (Å²) in [7, 11) is 0. The van der Waals surface area contributed by atoms with Crippen LogP contribution in [0, 0.1) is 5.41 Å². The molecule has 1 aliphatic carbocycles. The number of hydrogen-bond donors (Lipinski definition) is 1. The lowest BCUT2D eigenvalue weighted by Gasteiger charge is -2.38. The first-order valence-corrected chi connectivity index (χ1v) is 10.7. The molecule has 0 radical (unpaired) electrons. The van der Waals surface area contributed by atoms with Crippen LogP contribution >= 0.6 is 15.9 Å². The second kappa shape index (κ2) is 9.43. The molecule has 7 heteroatoms. The van der Waals surface area contributed by atoms with Gasteiger partial charge in [-0.05, 0) is 49.6 Å². The van der Waals surface area contributed by atoms with E-state index in [1.807, 2.05) is 36.4 Å². The van der Waals surface area contributed by atoms with Crippen molar-refractivity contribution in [3.63, 3.8) is 0 Å². The van der Waals surface area contributed by atoms with Crippen molar-refractivity contribution >= 4 is 39.5 Å². The quantitative estimate of drug-likeness (QED) is 0.501. The molecule has 6 nitrogen and oxygen atoms in total. The lowest BCUT2D eigenvalue weighted by Crippen LogP contribution is -2.49. The largest absolute Gasteiger partial charge is 0.465 e. The molecule has 0 spiro atoms. The zero-order valence-electron chi connectivity index (χ0n) is 16.9. The van der Waals surface area contributed by atoms with Gasteiger partial charge in [0.1, 0.15) is 0 Å². The highest BCUT2D eigenvalue weighted by Gasteiger charge is 2.55. The second-order valence-electron chi connectivity index (χ2n) is 7.12. The van der Waals surface area contributed by atoms with Gasteiger partial charge in [-0.3, -0.25) is 14.4 Å². The Morgan fingerprint density at radius 2 is 1.63 bits per heavy atom. The summed E-state index contributed by atoms with van der Waals surface area (Å²) in [6.45, 7) is 3.62. The number of fused-ring (bicyclic) bond motifs is 1. The van der Waals surface area contributed by atoms with Crippen LogP contribution in [-0.2, 0) is 30.3 Å². The average Bonchev–Trinajstić information content (AvgIpc) is 2.74. The van der Waals surface area contributed by atoms with E-state index in [-0.39, 0.29) is 32.0 Å². The van der Waals surface area contributed by atoms with Crippen LogP contribution in [0.15, 0.2) is 53.0 Å². The highest BCUT2D eigenvalue weighted by Crippen LogP contribution is 2.46. The maximum absolute atomic E-state index is 13.3. The molecule has 1 aliphatic rings. The Morgan fingerprint density at radius 3 is 2.23 bits per heavy atom. The van der Waals surface area contributed by atoms with Gasteiger partial charge in [-0.2, -0.15) is 0 Å². The first-order chi connectivity index (χ1) is 14.4. The number of esters is 2. The third-order valence-corrected chi connectivity index (χ3v) is 5.99. The van der Waals surface area contributed by atoms with Gasteiger partial charge in [0.25, 0.3) is 0 Å². The summed E-state index contributed by atoms with van der Waals surface area (Å²) in [5, 5.41) is 2.89. The Labute approximate surface area is 184 Å². The lowest BCUT2D eigenvalue weighted by molar-refractivity contribution is -0.173. The molecule has 1 N–H and O–H groups in total. The topological polar surface area (TPSA) is 81.7 Å². The van der Waals surface area contributed by atoms with E-state index in [9.17, 15) is 14.4 Å². The van der Waals surface area contributed by atoms with Crippen molar-refractivity contribution in [2.45, 2.75) is 32.6 Å². The Kier molecular flexibility index (Phi) is 6.92. The van der Waals surface area contributed by atoms with Crippen molar-refractivity contribution in [2.75, 3.05) is 18.5 Å². The third-order valence-electron chi connectivity index (χ3n) is 5.25. The van der Waals surface area contributed by atoms with Gasteiger partial charge in [0.2, 0.25) is 5.91 Å². The number of ether oxygens (including phenoxy) is 2. The number of rotatable bonds is 6. The van der Waals surface area contributed by atoms with E-state index in [0.29, 0.717) is 5.69 Å². The van der Waals surface area contributed by atoms with Crippen LogP contribution in [-0.4, -0.2) is 31.1 Å². The first-order valence-electron chi connectivity index (χ1n) is 9.90. The number of halogens is 1. The highest BCUT2D eigenvalue weighted by atomic mass is 79.9. The minimum atomic E-state index is -1.58. The number of amides is 1. The van der Waals surface area contributed by atoms with Crippen LogP contribution in [0.1, 0.15) is 37.3 Å². The summed E-state index contributed by atoms with van der Waals surface area (Å²) in [6.07, 6.45) is 0.0866. The SMILES string of the molecule is CCOC(=O)C1(C(=O)OCC)Cc2c(Br)cccc2C(C(=O)Nc2ccccc2)C1. The van der Waals surface area contributed by atoms with Crippen LogP contribution in [0.5, 0.6) is 0 Å². The summed E-state index contributed by atoms with van der Waals surface area (Å²) in [4.78, 5) is 39.3. The standard InChI is InChI=1S/C23H24BrNO5/c1-3-29-21(27)23(22(28)30-4-2)13-17-16(11-8-12-19(17)24)18(14-23)20(26)25-15-9-6-5-7-10-15/h5-12,18H,3-4,13-14H2,1-2H3,(H,25,26). The van der Waals surface area contributed by atoms with Gasteiger partial charge in [0.05, 0.1) is 19.1 Å². The lowest BCUT2D eigenvalue weighted by atomic mass is 9.66. The number of anilines is 1. The number of benzene rings is 2. The van der Waals surface area contributed by atoms with Crippen LogP contribution in [0.2, 0.25) is 0 Å². The van der Waals surface area contributed by atoms with Gasteiger partial charge in [0, 0.05) is 16.6 Å². The van der Waals surface area contributed by atoms with E-state index < -0.39 is 23.3 Å². The summed E-state index contributed by atoms with van der Waals surface area (Å²) >= 11 is 3.52. The molecule has 158 valence electrons. The highest BCUT2D eigenvalue weighted by molar-refractivity contribution is 9.10. The normalized spacial score (nSPS) is 16.8. The van der Waals surface area contributed by atoms with E-state index in [1.54, 1.807) is 26.0 Å². The number of carbonyl (C=O) groups excluding carboxylic acids is 3. The van der Waals surface area contributed by atoms with Gasteiger partial charge in [-0.25, -0.2) is 0 Å². The fourth-order valence-corrected chi connectivity index (χ4v) is 4.36. The molecular formula is C23H24BrNO5. The average molecular weight is 474 g/mol. The van der Waals surface area contributed by atoms with Crippen LogP contribution < -0.4 is 5.32 Å². The molecule has 0 aliphatic heterocycles. The molecule has 0 saturated carbocycles. The second-order valence-corrected chi connectivity index (χ2v) is 7.97. The molecule has 0 aromatic heterocycles. The Hall–Kier alpha value is -2.67. The molecule has 2 aromatic carbocycles. The van der Waals surface area contributed by atoms with Crippen molar-refractivity contribution in [1.82, 2.24) is 0 Å². The van der Waals surface area contributed by atoms with E-state index in [1.165, 1.54) is 0 Å². The molecule has 1 unspecified atom stereocenters. The maximum atomic E-state index is 13.3. The zero-order chi connectivity index (χ0) is 21.7. The van der Waals surface area contributed by atoms with Gasteiger partial charge < -0.3 is 14.8 Å². The van der Waals surface area contributed by atoms with Crippen molar-refractivity contribution in [2.24, 2.45) is 5.41 Å². The van der Waals surface area contributed by atoms with Crippen molar-refractivity contribution in [3.05, 3.63) is 64.1 Å².